The summed E-state index contributed by atoms with van der Waals surface area (Å²) in [6.07, 6.45) is 0. The lowest BCUT2D eigenvalue weighted by Crippen LogP contribution is -2.19. The molecule has 0 amide bonds. The Morgan fingerprint density at radius 1 is 0.366 bits per heavy atom. The fourth-order valence-electron chi connectivity index (χ4n) is 3.49. The second-order valence-corrected chi connectivity index (χ2v) is 7.68. The van der Waals surface area contributed by atoms with E-state index in [1.54, 1.807) is 0 Å². The molecule has 0 aliphatic carbocycles. The SMILES string of the molecule is O=C(O)c1ccc(C(=O)O)c(C(=O)O)c1.O=C(O)c1cccc(C(=O)c2cccc(C(=O)O)c2C(=O)O)c1C(=O)O. The van der Waals surface area contributed by atoms with Gasteiger partial charge < -0.3 is 35.7 Å². The highest BCUT2D eigenvalue weighted by molar-refractivity contribution is 6.21. The molecular formula is C26H16O15. The van der Waals surface area contributed by atoms with Crippen LogP contribution in [0.4, 0.5) is 0 Å². The van der Waals surface area contributed by atoms with E-state index in [0.29, 0.717) is 0 Å². The summed E-state index contributed by atoms with van der Waals surface area (Å²) in [6, 6.07) is 9.08. The molecule has 3 aromatic rings. The van der Waals surface area contributed by atoms with E-state index in [1.165, 1.54) is 0 Å². The van der Waals surface area contributed by atoms with E-state index in [4.69, 9.17) is 25.5 Å². The van der Waals surface area contributed by atoms with E-state index in [0.717, 1.165) is 54.6 Å². The van der Waals surface area contributed by atoms with E-state index < -0.39 is 92.1 Å². The number of rotatable bonds is 9. The van der Waals surface area contributed by atoms with Gasteiger partial charge in [-0.2, -0.15) is 0 Å². The lowest BCUT2D eigenvalue weighted by atomic mass is 9.90. The van der Waals surface area contributed by atoms with Crippen molar-refractivity contribution in [2.75, 3.05) is 0 Å². The van der Waals surface area contributed by atoms with Gasteiger partial charge in [0.15, 0.2) is 5.78 Å². The number of carbonyl (C=O) groups excluding carboxylic acids is 1. The molecular weight excluding hydrogens is 552 g/mol. The number of ketones is 1. The van der Waals surface area contributed by atoms with Crippen LogP contribution in [0.5, 0.6) is 0 Å². The first-order valence-electron chi connectivity index (χ1n) is 10.7. The molecule has 15 nitrogen and oxygen atoms in total. The highest BCUT2D eigenvalue weighted by Gasteiger charge is 2.29. The normalized spacial score (nSPS) is 9.95. The second kappa shape index (κ2) is 12.4. The molecule has 0 aromatic heterocycles. The maximum atomic E-state index is 12.7. The van der Waals surface area contributed by atoms with Gasteiger partial charge in [-0.1, -0.05) is 24.3 Å². The third-order valence-corrected chi connectivity index (χ3v) is 5.23. The Kier molecular flexibility index (Phi) is 9.36. The topological polar surface area (TPSA) is 278 Å². The van der Waals surface area contributed by atoms with Gasteiger partial charge in [-0.15, -0.1) is 0 Å². The third kappa shape index (κ3) is 6.74. The third-order valence-electron chi connectivity index (χ3n) is 5.23. The van der Waals surface area contributed by atoms with Gasteiger partial charge in [-0.25, -0.2) is 33.6 Å². The minimum absolute atomic E-state index is 0.266. The molecule has 0 heterocycles. The van der Waals surface area contributed by atoms with Gasteiger partial charge in [0, 0.05) is 11.1 Å². The van der Waals surface area contributed by atoms with Crippen LogP contribution in [0.1, 0.15) is 88.4 Å². The van der Waals surface area contributed by atoms with Crippen molar-refractivity contribution in [3.63, 3.8) is 0 Å². The van der Waals surface area contributed by atoms with Crippen LogP contribution in [0.3, 0.4) is 0 Å². The van der Waals surface area contributed by atoms with Crippen molar-refractivity contribution in [2.45, 2.75) is 0 Å². The van der Waals surface area contributed by atoms with Gasteiger partial charge in [-0.05, 0) is 30.3 Å². The molecule has 7 N–H and O–H groups in total. The minimum Gasteiger partial charge on any atom is -0.478 e. The lowest BCUT2D eigenvalue weighted by molar-refractivity contribution is 0.0647. The van der Waals surface area contributed by atoms with Crippen molar-refractivity contribution >= 4 is 47.6 Å². The summed E-state index contributed by atoms with van der Waals surface area (Å²) in [4.78, 5) is 89.8. The van der Waals surface area contributed by atoms with Crippen LogP contribution in [-0.4, -0.2) is 83.3 Å². The van der Waals surface area contributed by atoms with Gasteiger partial charge >= 0.3 is 41.8 Å². The van der Waals surface area contributed by atoms with Gasteiger partial charge in [-0.3, -0.25) is 4.79 Å². The molecule has 3 aromatic carbocycles. The number of carboxylic acids is 7. The molecule has 0 aliphatic heterocycles. The Balaban J connectivity index is 0.000000333. The summed E-state index contributed by atoms with van der Waals surface area (Å²) in [7, 11) is 0. The van der Waals surface area contributed by atoms with Crippen molar-refractivity contribution < 1.29 is 74.1 Å². The monoisotopic (exact) mass is 568 g/mol. The minimum atomic E-state index is -1.70. The summed E-state index contributed by atoms with van der Waals surface area (Å²) in [5, 5.41) is 62.7. The molecule has 3 rings (SSSR count). The summed E-state index contributed by atoms with van der Waals surface area (Å²) < 4.78 is 0. The second-order valence-electron chi connectivity index (χ2n) is 7.68. The number of benzene rings is 3. The first-order chi connectivity index (χ1) is 19.1. The quantitative estimate of drug-likeness (QED) is 0.183. The van der Waals surface area contributed by atoms with Gasteiger partial charge in [0.2, 0.25) is 0 Å². The predicted octanol–water partition coefficient (Wildman–Crippen LogP) is 2.49. The van der Waals surface area contributed by atoms with E-state index in [2.05, 4.69) is 0 Å². The molecule has 0 atom stereocenters. The zero-order valence-corrected chi connectivity index (χ0v) is 20.1. The molecule has 0 spiro atoms. The Morgan fingerprint density at radius 2 is 0.732 bits per heavy atom. The van der Waals surface area contributed by atoms with E-state index in [-0.39, 0.29) is 5.56 Å². The Bertz CT molecular complexity index is 1570. The van der Waals surface area contributed by atoms with Crippen LogP contribution in [0, 0.1) is 0 Å². The molecule has 41 heavy (non-hydrogen) atoms. The molecule has 15 heteroatoms. The zero-order valence-electron chi connectivity index (χ0n) is 20.1. The average Bonchev–Trinajstić information content (AvgIpc) is 2.91. The lowest BCUT2D eigenvalue weighted by Gasteiger charge is -2.11. The van der Waals surface area contributed by atoms with Crippen LogP contribution >= 0.6 is 0 Å². The maximum absolute atomic E-state index is 12.7. The van der Waals surface area contributed by atoms with Crippen molar-refractivity contribution in [1.29, 1.82) is 0 Å². The molecule has 0 unspecified atom stereocenters. The Morgan fingerprint density at radius 3 is 1.05 bits per heavy atom. The van der Waals surface area contributed by atoms with Crippen LogP contribution in [0.25, 0.3) is 0 Å². The molecule has 0 fully saturated rings. The number of carboxylic acid groups (broad SMARTS) is 7. The highest BCUT2D eigenvalue weighted by atomic mass is 16.4. The summed E-state index contributed by atoms with van der Waals surface area (Å²) in [6.45, 7) is 0. The fourth-order valence-corrected chi connectivity index (χ4v) is 3.49. The van der Waals surface area contributed by atoms with Crippen molar-refractivity contribution in [3.8, 4) is 0 Å². The summed E-state index contributed by atoms with van der Waals surface area (Å²) in [5.41, 5.74) is -5.33. The highest BCUT2D eigenvalue weighted by Crippen LogP contribution is 2.23. The smallest absolute Gasteiger partial charge is 0.337 e. The van der Waals surface area contributed by atoms with Crippen molar-refractivity contribution in [3.05, 3.63) is 105 Å². The van der Waals surface area contributed by atoms with Crippen LogP contribution < -0.4 is 0 Å². The largest absolute Gasteiger partial charge is 0.478 e. The number of carbonyl (C=O) groups is 8. The number of aromatic carboxylic acids is 7. The molecule has 0 saturated heterocycles. The van der Waals surface area contributed by atoms with Gasteiger partial charge in [0.25, 0.3) is 0 Å². The Labute approximate surface area is 226 Å². The van der Waals surface area contributed by atoms with Gasteiger partial charge in [0.1, 0.15) is 0 Å². The van der Waals surface area contributed by atoms with Crippen molar-refractivity contribution in [1.82, 2.24) is 0 Å². The predicted molar refractivity (Wildman–Crippen MR) is 131 cm³/mol. The Hall–Kier alpha value is -6.38. The van der Waals surface area contributed by atoms with Crippen LogP contribution in [0.2, 0.25) is 0 Å². The molecule has 210 valence electrons. The standard InChI is InChI=1S/C17H10O9.C9H6O6/c18-13(7-3-1-5-9(14(19)20)11(7)16(23)24)8-4-2-6-10(15(21)22)12(8)17(25)26;10-7(11)4-1-2-5(8(12)13)6(3-4)9(14)15/h1-6H,(H,19,20)(H,21,22)(H,23,24)(H,25,26);1-3H,(H,10,11)(H,12,13)(H,14,15). The van der Waals surface area contributed by atoms with Crippen LogP contribution in [-0.2, 0) is 0 Å². The van der Waals surface area contributed by atoms with E-state index in [1.807, 2.05) is 0 Å². The summed E-state index contributed by atoms with van der Waals surface area (Å²) in [5.74, 6) is -11.9. The van der Waals surface area contributed by atoms with E-state index >= 15 is 0 Å². The first-order valence-corrected chi connectivity index (χ1v) is 10.7. The molecule has 0 radical (unpaired) electrons. The number of hydrogen-bond acceptors (Lipinski definition) is 8. The average molecular weight is 568 g/mol. The zero-order chi connectivity index (χ0) is 31.2. The number of hydrogen-bond donors (Lipinski definition) is 7. The van der Waals surface area contributed by atoms with Crippen molar-refractivity contribution in [2.24, 2.45) is 0 Å². The summed E-state index contributed by atoms with van der Waals surface area (Å²) >= 11 is 0. The van der Waals surface area contributed by atoms with E-state index in [9.17, 15) is 48.6 Å². The maximum Gasteiger partial charge on any atom is 0.337 e. The molecule has 0 saturated carbocycles. The fraction of sp³-hybridized carbons (Fsp3) is 0. The van der Waals surface area contributed by atoms with Crippen LogP contribution in [0.15, 0.2) is 54.6 Å². The first kappa shape index (κ1) is 30.8. The van der Waals surface area contributed by atoms with Gasteiger partial charge in [0.05, 0.1) is 38.9 Å². The molecule has 0 aliphatic rings. The molecule has 0 bridgehead atoms.